The van der Waals surface area contributed by atoms with Crippen LogP contribution in [0.1, 0.15) is 11.3 Å². The van der Waals surface area contributed by atoms with Crippen LogP contribution < -0.4 is 5.73 Å². The van der Waals surface area contributed by atoms with Gasteiger partial charge in [0.1, 0.15) is 0 Å². The smallest absolute Gasteiger partial charge is 0.265 e. The van der Waals surface area contributed by atoms with Crippen LogP contribution in [0.5, 0.6) is 0 Å². The lowest BCUT2D eigenvalue weighted by Crippen LogP contribution is -2.31. The second-order valence-electron chi connectivity index (χ2n) is 3.13. The Morgan fingerprint density at radius 1 is 1.62 bits per heavy atom. The van der Waals surface area contributed by atoms with E-state index in [0.29, 0.717) is 5.69 Å². The van der Waals surface area contributed by atoms with Gasteiger partial charge in [0.05, 0.1) is 19.2 Å². The summed E-state index contributed by atoms with van der Waals surface area (Å²) in [6.45, 7) is 1.13. The third kappa shape index (κ3) is 2.24. The minimum absolute atomic E-state index is 0.341. The van der Waals surface area contributed by atoms with Crippen LogP contribution in [-0.2, 0) is 13.5 Å². The average molecular weight is 189 g/mol. The largest absolute Gasteiger partial charge is 0.325 e. The Morgan fingerprint density at radius 3 is 2.62 bits per heavy atom. The Hall–Kier alpha value is -0.970. The third-order valence-electron chi connectivity index (χ3n) is 2.00. The van der Waals surface area contributed by atoms with Crippen LogP contribution in [-0.4, -0.2) is 22.2 Å². The Bertz CT molecular complexity index is 274. The number of aryl methyl sites for hydroxylation is 2. The van der Waals surface area contributed by atoms with Crippen LogP contribution in [0.15, 0.2) is 6.20 Å². The van der Waals surface area contributed by atoms with Gasteiger partial charge < -0.3 is 5.73 Å². The fourth-order valence-corrected chi connectivity index (χ4v) is 1.14. The van der Waals surface area contributed by atoms with Crippen molar-refractivity contribution in [3.63, 3.8) is 0 Å². The molecule has 0 saturated carbocycles. The molecule has 0 atom stereocenters. The molecule has 0 aliphatic heterocycles. The quantitative estimate of drug-likeness (QED) is 0.766. The Labute approximate surface area is 75.5 Å². The Balaban J connectivity index is 2.85. The van der Waals surface area contributed by atoms with Gasteiger partial charge in [-0.15, -0.1) is 0 Å². The molecule has 0 aromatic carbocycles. The van der Waals surface area contributed by atoms with Gasteiger partial charge in [0.2, 0.25) is 0 Å². The molecular weight excluding hydrogens is 176 g/mol. The maximum absolute atomic E-state index is 12.9. The Morgan fingerprint density at radius 2 is 2.23 bits per heavy atom. The van der Waals surface area contributed by atoms with E-state index >= 15 is 0 Å². The number of hydrogen-bond acceptors (Lipinski definition) is 2. The van der Waals surface area contributed by atoms with Crippen LogP contribution in [0.3, 0.4) is 0 Å². The first-order valence-corrected chi connectivity index (χ1v) is 4.01. The van der Waals surface area contributed by atoms with E-state index in [4.69, 9.17) is 5.73 Å². The summed E-state index contributed by atoms with van der Waals surface area (Å²) in [5.74, 6) is -2.83. The Kier molecular flexibility index (Phi) is 2.66. The molecule has 3 nitrogen and oxygen atoms in total. The van der Waals surface area contributed by atoms with Crippen molar-refractivity contribution in [2.75, 3.05) is 6.54 Å². The first-order chi connectivity index (χ1) is 5.96. The van der Waals surface area contributed by atoms with Gasteiger partial charge in [0.15, 0.2) is 0 Å². The molecule has 0 amide bonds. The van der Waals surface area contributed by atoms with Gasteiger partial charge in [-0.25, -0.2) is 8.78 Å². The minimum atomic E-state index is -2.83. The number of halogens is 2. The van der Waals surface area contributed by atoms with E-state index in [1.54, 1.807) is 20.2 Å². The van der Waals surface area contributed by atoms with Gasteiger partial charge in [0.25, 0.3) is 5.92 Å². The van der Waals surface area contributed by atoms with Gasteiger partial charge in [-0.1, -0.05) is 0 Å². The van der Waals surface area contributed by atoms with E-state index in [0.717, 1.165) is 5.56 Å². The van der Waals surface area contributed by atoms with Crippen molar-refractivity contribution in [1.82, 2.24) is 9.78 Å². The van der Waals surface area contributed by atoms with Gasteiger partial charge in [-0.2, -0.15) is 5.10 Å². The highest BCUT2D eigenvalue weighted by Gasteiger charge is 2.29. The van der Waals surface area contributed by atoms with E-state index in [-0.39, 0.29) is 6.42 Å². The summed E-state index contributed by atoms with van der Waals surface area (Å²) < 4.78 is 27.3. The fourth-order valence-electron chi connectivity index (χ4n) is 1.14. The van der Waals surface area contributed by atoms with Crippen LogP contribution >= 0.6 is 0 Å². The second-order valence-corrected chi connectivity index (χ2v) is 3.13. The highest BCUT2D eigenvalue weighted by Crippen LogP contribution is 2.20. The number of rotatable bonds is 3. The molecule has 2 N–H and O–H groups in total. The van der Waals surface area contributed by atoms with E-state index in [1.165, 1.54) is 4.68 Å². The predicted molar refractivity (Wildman–Crippen MR) is 45.7 cm³/mol. The molecule has 0 aliphatic rings. The van der Waals surface area contributed by atoms with Crippen molar-refractivity contribution in [2.45, 2.75) is 19.3 Å². The summed E-state index contributed by atoms with van der Waals surface area (Å²) >= 11 is 0. The van der Waals surface area contributed by atoms with Crippen molar-refractivity contribution >= 4 is 0 Å². The first-order valence-electron chi connectivity index (χ1n) is 4.01. The van der Waals surface area contributed by atoms with E-state index in [1.807, 2.05) is 0 Å². The number of aromatic nitrogens is 2. The molecule has 1 heterocycles. The van der Waals surface area contributed by atoms with E-state index in [9.17, 15) is 8.78 Å². The summed E-state index contributed by atoms with van der Waals surface area (Å²) in [5, 5.41) is 3.88. The SMILES string of the molecule is Cc1cnn(C)c1CC(F)(F)CN. The summed E-state index contributed by atoms with van der Waals surface area (Å²) in [6, 6.07) is 0. The van der Waals surface area contributed by atoms with Crippen LogP contribution in [0.4, 0.5) is 8.78 Å². The van der Waals surface area contributed by atoms with Gasteiger partial charge in [-0.3, -0.25) is 4.68 Å². The first kappa shape index (κ1) is 10.1. The lowest BCUT2D eigenvalue weighted by molar-refractivity contribution is 0.00953. The molecule has 0 aliphatic carbocycles. The summed E-state index contributed by atoms with van der Waals surface area (Å²) in [4.78, 5) is 0. The van der Waals surface area contributed by atoms with Gasteiger partial charge in [-0.05, 0) is 12.5 Å². The highest BCUT2D eigenvalue weighted by molar-refractivity contribution is 5.16. The zero-order chi connectivity index (χ0) is 10.1. The average Bonchev–Trinajstić information content (AvgIpc) is 2.36. The maximum atomic E-state index is 12.9. The van der Waals surface area contributed by atoms with Crippen molar-refractivity contribution in [1.29, 1.82) is 0 Å². The lowest BCUT2D eigenvalue weighted by atomic mass is 10.1. The zero-order valence-corrected chi connectivity index (χ0v) is 7.72. The van der Waals surface area contributed by atoms with Crippen molar-refractivity contribution < 1.29 is 8.78 Å². The lowest BCUT2D eigenvalue weighted by Gasteiger charge is -2.14. The molecular formula is C8H13F2N3. The molecule has 0 radical (unpaired) electrons. The standard InChI is InChI=1S/C8H13F2N3/c1-6-4-12-13(2)7(6)3-8(9,10)5-11/h4H,3,5,11H2,1-2H3. The molecule has 0 saturated heterocycles. The molecule has 1 aromatic heterocycles. The zero-order valence-electron chi connectivity index (χ0n) is 7.72. The second kappa shape index (κ2) is 3.41. The monoisotopic (exact) mass is 189 g/mol. The topological polar surface area (TPSA) is 43.8 Å². The van der Waals surface area contributed by atoms with Crippen LogP contribution in [0, 0.1) is 6.92 Å². The number of nitrogens with zero attached hydrogens (tertiary/aromatic N) is 2. The van der Waals surface area contributed by atoms with Gasteiger partial charge in [0, 0.05) is 12.7 Å². The summed E-state index contributed by atoms with van der Waals surface area (Å²) in [5.41, 5.74) is 6.25. The molecule has 1 aromatic rings. The predicted octanol–water partition coefficient (Wildman–Crippen LogP) is 0.865. The van der Waals surface area contributed by atoms with Gasteiger partial charge >= 0.3 is 0 Å². The molecule has 1 rings (SSSR count). The van der Waals surface area contributed by atoms with E-state index in [2.05, 4.69) is 5.10 Å². The molecule has 0 bridgehead atoms. The third-order valence-corrected chi connectivity index (χ3v) is 2.00. The molecule has 0 fully saturated rings. The summed E-state index contributed by atoms with van der Waals surface area (Å²) in [7, 11) is 1.65. The molecule has 0 unspecified atom stereocenters. The van der Waals surface area contributed by atoms with Crippen molar-refractivity contribution in [3.8, 4) is 0 Å². The number of nitrogens with two attached hydrogens (primary N) is 1. The van der Waals surface area contributed by atoms with Crippen LogP contribution in [0.25, 0.3) is 0 Å². The summed E-state index contributed by atoms with van der Waals surface area (Å²) in [6.07, 6.45) is 1.23. The number of hydrogen-bond donors (Lipinski definition) is 1. The normalized spacial score (nSPS) is 12.1. The van der Waals surface area contributed by atoms with E-state index < -0.39 is 12.5 Å². The molecule has 74 valence electrons. The van der Waals surface area contributed by atoms with Crippen molar-refractivity contribution in [2.24, 2.45) is 12.8 Å². The van der Waals surface area contributed by atoms with Crippen molar-refractivity contribution in [3.05, 3.63) is 17.5 Å². The molecule has 0 spiro atoms. The fraction of sp³-hybridized carbons (Fsp3) is 0.625. The highest BCUT2D eigenvalue weighted by atomic mass is 19.3. The minimum Gasteiger partial charge on any atom is -0.325 e. The maximum Gasteiger partial charge on any atom is 0.265 e. The van der Waals surface area contributed by atoms with Crippen LogP contribution in [0.2, 0.25) is 0 Å². The molecule has 13 heavy (non-hydrogen) atoms. The molecule has 5 heteroatoms. The number of alkyl halides is 2.